The molecule has 0 saturated heterocycles. The molecule has 1 N–H and O–H groups in total. The first-order valence-electron chi connectivity index (χ1n) is 9.84. The Morgan fingerprint density at radius 1 is 1.19 bits per heavy atom. The third kappa shape index (κ3) is 5.36. The number of thioether (sulfide) groups is 1. The number of halogens is 1. The second kappa shape index (κ2) is 10.4. The molecule has 10 heteroatoms. The summed E-state index contributed by atoms with van der Waals surface area (Å²) in [5.74, 6) is 1.61. The molecule has 162 valence electrons. The van der Waals surface area contributed by atoms with Gasteiger partial charge in [0.15, 0.2) is 16.1 Å². The number of rotatable bonds is 10. The Morgan fingerprint density at radius 3 is 2.87 bits per heavy atom. The number of hydrogen-bond donors (Lipinski definition) is 1. The first-order valence-corrected chi connectivity index (χ1v) is 12.1. The van der Waals surface area contributed by atoms with Gasteiger partial charge in [0.1, 0.15) is 0 Å². The van der Waals surface area contributed by atoms with Gasteiger partial charge in [0.25, 0.3) is 0 Å². The average molecular weight is 475 g/mol. The van der Waals surface area contributed by atoms with E-state index in [2.05, 4.69) is 37.8 Å². The van der Waals surface area contributed by atoms with E-state index in [4.69, 9.17) is 16.7 Å². The van der Waals surface area contributed by atoms with Crippen molar-refractivity contribution in [2.45, 2.75) is 24.7 Å². The SMILES string of the molecule is CN(Cc1cccn1-c1nccs1)Cc1nnc(SCCCO)n1-c1cccc(Cl)c1. The van der Waals surface area contributed by atoms with Crippen LogP contribution in [-0.4, -0.2) is 53.7 Å². The molecule has 7 nitrogen and oxygen atoms in total. The zero-order valence-electron chi connectivity index (χ0n) is 17.1. The van der Waals surface area contributed by atoms with Crippen LogP contribution in [-0.2, 0) is 13.1 Å². The standard InChI is InChI=1S/C21H23ClN6OS2/c1-26(14-18-7-3-9-27(18)20-23-8-12-31-20)15-19-24-25-21(30-11-4-10-29)28(19)17-6-2-5-16(22)13-17/h2-3,5-9,12-13,29H,4,10-11,14-15H2,1H3. The minimum Gasteiger partial charge on any atom is -0.396 e. The maximum absolute atomic E-state index is 9.12. The van der Waals surface area contributed by atoms with E-state index in [0.29, 0.717) is 18.0 Å². The van der Waals surface area contributed by atoms with Crippen molar-refractivity contribution in [2.75, 3.05) is 19.4 Å². The molecule has 3 aromatic heterocycles. The highest BCUT2D eigenvalue weighted by Crippen LogP contribution is 2.25. The van der Waals surface area contributed by atoms with E-state index in [-0.39, 0.29) is 6.61 Å². The van der Waals surface area contributed by atoms with Crippen molar-refractivity contribution in [3.8, 4) is 10.8 Å². The number of aliphatic hydroxyl groups excluding tert-OH is 1. The van der Waals surface area contributed by atoms with Crippen molar-refractivity contribution in [3.05, 3.63) is 70.7 Å². The first kappa shape index (κ1) is 22.0. The minimum atomic E-state index is 0.159. The second-order valence-electron chi connectivity index (χ2n) is 7.00. The number of aromatic nitrogens is 5. The lowest BCUT2D eigenvalue weighted by Crippen LogP contribution is -2.21. The van der Waals surface area contributed by atoms with E-state index in [1.54, 1.807) is 23.1 Å². The number of nitrogens with zero attached hydrogens (tertiary/aromatic N) is 6. The lowest BCUT2D eigenvalue weighted by atomic mass is 10.3. The highest BCUT2D eigenvalue weighted by molar-refractivity contribution is 7.99. The largest absolute Gasteiger partial charge is 0.396 e. The van der Waals surface area contributed by atoms with Crippen LogP contribution in [0.3, 0.4) is 0 Å². The van der Waals surface area contributed by atoms with Gasteiger partial charge in [-0.05, 0) is 43.8 Å². The smallest absolute Gasteiger partial charge is 0.195 e. The Bertz CT molecular complexity index is 1110. The van der Waals surface area contributed by atoms with Crippen molar-refractivity contribution in [1.82, 2.24) is 29.2 Å². The maximum atomic E-state index is 9.12. The molecular weight excluding hydrogens is 452 g/mol. The van der Waals surface area contributed by atoms with Gasteiger partial charge < -0.3 is 5.11 Å². The molecule has 3 heterocycles. The van der Waals surface area contributed by atoms with Gasteiger partial charge in [-0.3, -0.25) is 14.0 Å². The van der Waals surface area contributed by atoms with E-state index in [9.17, 15) is 0 Å². The molecule has 0 amide bonds. The first-order chi connectivity index (χ1) is 15.2. The van der Waals surface area contributed by atoms with Crippen LogP contribution in [0.5, 0.6) is 0 Å². The van der Waals surface area contributed by atoms with Crippen LogP contribution >= 0.6 is 34.7 Å². The van der Waals surface area contributed by atoms with Gasteiger partial charge in [-0.15, -0.1) is 21.5 Å². The van der Waals surface area contributed by atoms with Crippen molar-refractivity contribution in [1.29, 1.82) is 0 Å². The molecule has 0 atom stereocenters. The van der Waals surface area contributed by atoms with Gasteiger partial charge in [0.05, 0.1) is 12.2 Å². The summed E-state index contributed by atoms with van der Waals surface area (Å²) in [4.78, 5) is 6.62. The fraction of sp³-hybridized carbons (Fsp3) is 0.286. The third-order valence-corrected chi connectivity index (χ3v) is 6.62. The Labute approximate surface area is 194 Å². The fourth-order valence-corrected chi connectivity index (χ4v) is 4.98. The van der Waals surface area contributed by atoms with Crippen LogP contribution in [0.1, 0.15) is 17.9 Å². The third-order valence-electron chi connectivity index (χ3n) is 4.60. The number of thiazole rings is 1. The molecule has 0 aliphatic rings. The van der Waals surface area contributed by atoms with Gasteiger partial charge in [0, 0.05) is 47.4 Å². The molecule has 4 aromatic rings. The van der Waals surface area contributed by atoms with Crippen LogP contribution in [0.25, 0.3) is 10.8 Å². The molecule has 0 fully saturated rings. The Balaban J connectivity index is 1.56. The molecule has 4 rings (SSSR count). The zero-order valence-corrected chi connectivity index (χ0v) is 19.4. The van der Waals surface area contributed by atoms with Gasteiger partial charge in [-0.2, -0.15) is 0 Å². The molecule has 0 aliphatic carbocycles. The molecule has 1 aromatic carbocycles. The van der Waals surface area contributed by atoms with Crippen LogP contribution in [0.4, 0.5) is 0 Å². The highest BCUT2D eigenvalue weighted by atomic mass is 35.5. The monoisotopic (exact) mass is 474 g/mol. The normalized spacial score (nSPS) is 11.5. The van der Waals surface area contributed by atoms with E-state index < -0.39 is 0 Å². The minimum absolute atomic E-state index is 0.159. The quantitative estimate of drug-likeness (QED) is 0.273. The van der Waals surface area contributed by atoms with Crippen LogP contribution in [0, 0.1) is 0 Å². The predicted molar refractivity (Wildman–Crippen MR) is 125 cm³/mol. The maximum Gasteiger partial charge on any atom is 0.195 e. The van der Waals surface area contributed by atoms with Crippen molar-refractivity contribution < 1.29 is 5.11 Å². The summed E-state index contributed by atoms with van der Waals surface area (Å²) in [5, 5.41) is 22.4. The van der Waals surface area contributed by atoms with Gasteiger partial charge in [-0.25, -0.2) is 4.98 Å². The molecule has 0 saturated carbocycles. The zero-order chi connectivity index (χ0) is 21.6. The van der Waals surface area contributed by atoms with E-state index >= 15 is 0 Å². The Morgan fingerprint density at radius 2 is 2.10 bits per heavy atom. The summed E-state index contributed by atoms with van der Waals surface area (Å²) in [6.07, 6.45) is 4.55. The Kier molecular flexibility index (Phi) is 7.41. The van der Waals surface area contributed by atoms with E-state index in [0.717, 1.165) is 39.8 Å². The van der Waals surface area contributed by atoms with Gasteiger partial charge >= 0.3 is 0 Å². The van der Waals surface area contributed by atoms with E-state index in [1.165, 1.54) is 0 Å². The molecule has 0 bridgehead atoms. The van der Waals surface area contributed by atoms with Crippen molar-refractivity contribution >= 4 is 34.7 Å². The lowest BCUT2D eigenvalue weighted by Gasteiger charge is -2.18. The van der Waals surface area contributed by atoms with Crippen molar-refractivity contribution in [2.24, 2.45) is 0 Å². The summed E-state index contributed by atoms with van der Waals surface area (Å²) in [6.45, 7) is 1.51. The Hall–Kier alpha value is -2.17. The molecule has 0 spiro atoms. The summed E-state index contributed by atoms with van der Waals surface area (Å²) in [6, 6.07) is 11.8. The lowest BCUT2D eigenvalue weighted by molar-refractivity contribution is 0.296. The van der Waals surface area contributed by atoms with Gasteiger partial charge in [0.2, 0.25) is 0 Å². The molecule has 0 unspecified atom stereocenters. The van der Waals surface area contributed by atoms with Crippen LogP contribution in [0.15, 0.2) is 59.3 Å². The summed E-state index contributed by atoms with van der Waals surface area (Å²) >= 11 is 9.44. The number of aliphatic hydroxyl groups is 1. The molecule has 0 aliphatic heterocycles. The summed E-state index contributed by atoms with van der Waals surface area (Å²) in [5.41, 5.74) is 2.09. The fourth-order valence-electron chi connectivity index (χ4n) is 3.24. The molecule has 0 radical (unpaired) electrons. The predicted octanol–water partition coefficient (Wildman–Crippen LogP) is 4.27. The summed E-state index contributed by atoms with van der Waals surface area (Å²) < 4.78 is 4.16. The van der Waals surface area contributed by atoms with Crippen molar-refractivity contribution in [3.63, 3.8) is 0 Å². The topological polar surface area (TPSA) is 72.0 Å². The molecular formula is C21H23ClN6OS2. The number of benzene rings is 1. The molecule has 31 heavy (non-hydrogen) atoms. The number of hydrogen-bond acceptors (Lipinski definition) is 7. The second-order valence-corrected chi connectivity index (χ2v) is 9.37. The summed E-state index contributed by atoms with van der Waals surface area (Å²) in [7, 11) is 2.06. The van der Waals surface area contributed by atoms with E-state index in [1.807, 2.05) is 52.7 Å². The van der Waals surface area contributed by atoms with Crippen LogP contribution < -0.4 is 0 Å². The van der Waals surface area contributed by atoms with Crippen LogP contribution in [0.2, 0.25) is 5.02 Å². The highest BCUT2D eigenvalue weighted by Gasteiger charge is 2.17. The average Bonchev–Trinajstić information content (AvgIpc) is 3.49. The van der Waals surface area contributed by atoms with Gasteiger partial charge in [-0.1, -0.05) is 29.4 Å².